The van der Waals surface area contributed by atoms with E-state index in [1.54, 1.807) is 6.92 Å². The molecule has 0 spiro atoms. The van der Waals surface area contributed by atoms with Gasteiger partial charge in [0, 0.05) is 0 Å². The Hall–Kier alpha value is -1.10. The van der Waals surface area contributed by atoms with Crippen molar-refractivity contribution in [1.29, 1.82) is 0 Å². The van der Waals surface area contributed by atoms with Crippen molar-refractivity contribution in [3.8, 4) is 0 Å². The van der Waals surface area contributed by atoms with Gasteiger partial charge in [-0.2, -0.15) is 13.2 Å². The second-order valence-corrected chi connectivity index (χ2v) is 4.09. The molecule has 1 N–H and O–H groups in total. The summed E-state index contributed by atoms with van der Waals surface area (Å²) in [6, 6.07) is 1.05. The van der Waals surface area contributed by atoms with Crippen LogP contribution in [0.4, 0.5) is 13.2 Å². The van der Waals surface area contributed by atoms with Gasteiger partial charge in [0.2, 0.25) is 0 Å². The van der Waals surface area contributed by atoms with E-state index in [-0.39, 0.29) is 5.69 Å². The molecule has 2 nitrogen and oxygen atoms in total. The average molecular weight is 231 g/mol. The van der Waals surface area contributed by atoms with Crippen molar-refractivity contribution in [2.45, 2.75) is 38.5 Å². The molecule has 1 aliphatic carbocycles. The number of pyridine rings is 1. The van der Waals surface area contributed by atoms with E-state index < -0.39 is 18.0 Å². The van der Waals surface area contributed by atoms with Gasteiger partial charge in [-0.25, -0.2) is 4.98 Å². The van der Waals surface area contributed by atoms with Crippen LogP contribution in [0, 0.1) is 6.92 Å². The molecule has 2 rings (SSSR count). The molecule has 0 aliphatic heterocycles. The zero-order chi connectivity index (χ0) is 11.9. The van der Waals surface area contributed by atoms with E-state index in [0.29, 0.717) is 18.4 Å². The highest BCUT2D eigenvalue weighted by Crippen LogP contribution is 2.35. The first kappa shape index (κ1) is 11.4. The normalized spacial score (nSPS) is 20.7. The molecule has 0 fully saturated rings. The van der Waals surface area contributed by atoms with E-state index in [4.69, 9.17) is 0 Å². The summed E-state index contributed by atoms with van der Waals surface area (Å²) in [7, 11) is 0. The molecular formula is C11H12F3NO. The van der Waals surface area contributed by atoms with Crippen molar-refractivity contribution < 1.29 is 18.3 Å². The molecule has 1 unspecified atom stereocenters. The maximum atomic E-state index is 12.5. The minimum absolute atomic E-state index is 0.207. The third-order valence-electron chi connectivity index (χ3n) is 2.89. The first-order valence-electron chi connectivity index (χ1n) is 5.15. The van der Waals surface area contributed by atoms with Crippen LogP contribution in [-0.4, -0.2) is 10.1 Å². The quantitative estimate of drug-likeness (QED) is 0.744. The fourth-order valence-corrected chi connectivity index (χ4v) is 2.08. The van der Waals surface area contributed by atoms with Crippen LogP contribution in [0.3, 0.4) is 0 Å². The van der Waals surface area contributed by atoms with Crippen LogP contribution in [0.25, 0.3) is 0 Å². The van der Waals surface area contributed by atoms with Crippen LogP contribution < -0.4 is 0 Å². The lowest BCUT2D eigenvalue weighted by atomic mass is 9.90. The lowest BCUT2D eigenvalue weighted by Crippen LogP contribution is -2.18. The van der Waals surface area contributed by atoms with Gasteiger partial charge in [0.1, 0.15) is 5.69 Å². The van der Waals surface area contributed by atoms with Crippen molar-refractivity contribution in [1.82, 2.24) is 4.98 Å². The third-order valence-corrected chi connectivity index (χ3v) is 2.89. The van der Waals surface area contributed by atoms with Gasteiger partial charge in [0.25, 0.3) is 0 Å². The summed E-state index contributed by atoms with van der Waals surface area (Å²) < 4.78 is 37.6. The lowest BCUT2D eigenvalue weighted by molar-refractivity contribution is -0.141. The van der Waals surface area contributed by atoms with Gasteiger partial charge in [-0.15, -0.1) is 0 Å². The molecule has 1 aromatic rings. The van der Waals surface area contributed by atoms with Crippen molar-refractivity contribution in [2.24, 2.45) is 0 Å². The Morgan fingerprint density at radius 1 is 1.44 bits per heavy atom. The molecule has 0 saturated carbocycles. The van der Waals surface area contributed by atoms with Crippen LogP contribution in [0.2, 0.25) is 0 Å². The number of alkyl halides is 3. The largest absolute Gasteiger partial charge is 0.433 e. The first-order chi connectivity index (χ1) is 7.39. The summed E-state index contributed by atoms with van der Waals surface area (Å²) in [5, 5.41) is 9.65. The topological polar surface area (TPSA) is 33.1 Å². The monoisotopic (exact) mass is 231 g/mol. The van der Waals surface area contributed by atoms with E-state index in [1.165, 1.54) is 0 Å². The predicted octanol–water partition coefficient (Wildman–Crippen LogP) is 2.78. The Balaban J connectivity index is 2.55. The van der Waals surface area contributed by atoms with Gasteiger partial charge >= 0.3 is 6.18 Å². The number of hydrogen-bond acceptors (Lipinski definition) is 2. The number of aryl methyl sites for hydroxylation is 1. The van der Waals surface area contributed by atoms with Gasteiger partial charge in [-0.05, 0) is 43.4 Å². The Labute approximate surface area is 91.1 Å². The fourth-order valence-electron chi connectivity index (χ4n) is 2.08. The maximum Gasteiger partial charge on any atom is 0.433 e. The SMILES string of the molecule is Cc1cc(C(F)(F)F)nc2c1CCCC2O. The van der Waals surface area contributed by atoms with Crippen LogP contribution in [-0.2, 0) is 12.6 Å². The highest BCUT2D eigenvalue weighted by molar-refractivity contribution is 5.35. The summed E-state index contributed by atoms with van der Waals surface area (Å²) in [6.45, 7) is 1.63. The number of hydrogen-bond donors (Lipinski definition) is 1. The molecule has 88 valence electrons. The molecule has 0 bridgehead atoms. The van der Waals surface area contributed by atoms with Gasteiger partial charge < -0.3 is 5.11 Å². The number of rotatable bonds is 0. The van der Waals surface area contributed by atoms with E-state index in [2.05, 4.69) is 4.98 Å². The Morgan fingerprint density at radius 2 is 2.12 bits per heavy atom. The average Bonchev–Trinajstić information content (AvgIpc) is 2.18. The molecule has 0 amide bonds. The standard InChI is InChI=1S/C11H12F3NO/c1-6-5-9(11(12,13)14)15-10-7(6)3-2-4-8(10)16/h5,8,16H,2-4H2,1H3. The molecule has 1 atom stereocenters. The summed E-state index contributed by atoms with van der Waals surface area (Å²) >= 11 is 0. The molecule has 1 aromatic heterocycles. The summed E-state index contributed by atoms with van der Waals surface area (Å²) in [5.41, 5.74) is 0.631. The van der Waals surface area contributed by atoms with Gasteiger partial charge in [-0.1, -0.05) is 0 Å². The summed E-state index contributed by atoms with van der Waals surface area (Å²) in [5.74, 6) is 0. The second-order valence-electron chi connectivity index (χ2n) is 4.09. The molecule has 1 heterocycles. The Kier molecular flexibility index (Phi) is 2.66. The Morgan fingerprint density at radius 3 is 2.75 bits per heavy atom. The van der Waals surface area contributed by atoms with E-state index in [9.17, 15) is 18.3 Å². The van der Waals surface area contributed by atoms with Crippen molar-refractivity contribution in [3.63, 3.8) is 0 Å². The van der Waals surface area contributed by atoms with E-state index in [1.807, 2.05) is 0 Å². The Bertz CT molecular complexity index is 414. The van der Waals surface area contributed by atoms with E-state index in [0.717, 1.165) is 18.1 Å². The van der Waals surface area contributed by atoms with Crippen molar-refractivity contribution in [2.75, 3.05) is 0 Å². The van der Waals surface area contributed by atoms with Gasteiger partial charge in [0.05, 0.1) is 11.8 Å². The molecule has 1 aliphatic rings. The number of aliphatic hydroxyl groups excluding tert-OH is 1. The fraction of sp³-hybridized carbons (Fsp3) is 0.545. The number of aromatic nitrogens is 1. The van der Waals surface area contributed by atoms with E-state index >= 15 is 0 Å². The highest BCUT2D eigenvalue weighted by Gasteiger charge is 2.35. The highest BCUT2D eigenvalue weighted by atomic mass is 19.4. The minimum atomic E-state index is -4.45. The first-order valence-corrected chi connectivity index (χ1v) is 5.15. The van der Waals surface area contributed by atoms with Crippen LogP contribution in [0.15, 0.2) is 6.07 Å². The van der Waals surface area contributed by atoms with Crippen LogP contribution >= 0.6 is 0 Å². The molecular weight excluding hydrogens is 219 g/mol. The predicted molar refractivity (Wildman–Crippen MR) is 51.9 cm³/mol. The van der Waals surface area contributed by atoms with Gasteiger partial charge in [-0.3, -0.25) is 0 Å². The van der Waals surface area contributed by atoms with Crippen molar-refractivity contribution >= 4 is 0 Å². The lowest BCUT2D eigenvalue weighted by Gasteiger charge is -2.23. The summed E-state index contributed by atoms with van der Waals surface area (Å²) in [6.07, 6.45) is -3.33. The molecule has 0 saturated heterocycles. The van der Waals surface area contributed by atoms with Crippen LogP contribution in [0.1, 0.15) is 41.5 Å². The minimum Gasteiger partial charge on any atom is -0.387 e. The van der Waals surface area contributed by atoms with Gasteiger partial charge in [0.15, 0.2) is 0 Å². The smallest absolute Gasteiger partial charge is 0.387 e. The molecule has 0 aromatic carbocycles. The number of aliphatic hydroxyl groups is 1. The maximum absolute atomic E-state index is 12.5. The third kappa shape index (κ3) is 1.91. The summed E-state index contributed by atoms with van der Waals surface area (Å²) in [4.78, 5) is 3.55. The van der Waals surface area contributed by atoms with Crippen LogP contribution in [0.5, 0.6) is 0 Å². The number of halogens is 3. The second kappa shape index (κ2) is 3.73. The zero-order valence-electron chi connectivity index (χ0n) is 8.80. The van der Waals surface area contributed by atoms with Crippen molar-refractivity contribution in [3.05, 3.63) is 28.6 Å². The number of nitrogens with zero attached hydrogens (tertiary/aromatic N) is 1. The zero-order valence-corrected chi connectivity index (χ0v) is 8.80. The number of fused-ring (bicyclic) bond motifs is 1. The molecule has 5 heteroatoms. The molecule has 0 radical (unpaired) electrons. The molecule has 16 heavy (non-hydrogen) atoms.